The summed E-state index contributed by atoms with van der Waals surface area (Å²) >= 11 is 0. The van der Waals surface area contributed by atoms with Crippen LogP contribution in [0.25, 0.3) is 0 Å². The second kappa shape index (κ2) is 7.26. The van der Waals surface area contributed by atoms with E-state index in [1.165, 1.54) is 0 Å². The van der Waals surface area contributed by atoms with E-state index in [9.17, 15) is 9.59 Å². The quantitative estimate of drug-likeness (QED) is 0.900. The Labute approximate surface area is 131 Å². The number of ether oxygens (including phenoxy) is 1. The van der Waals surface area contributed by atoms with Crippen molar-refractivity contribution in [2.75, 3.05) is 13.6 Å². The second-order valence-electron chi connectivity index (χ2n) is 5.68. The van der Waals surface area contributed by atoms with E-state index >= 15 is 0 Å². The van der Waals surface area contributed by atoms with Crippen molar-refractivity contribution in [1.82, 2.24) is 15.3 Å². The average Bonchev–Trinajstić information content (AvgIpc) is 2.86. The second-order valence-corrected chi connectivity index (χ2v) is 5.68. The Hall–Kier alpha value is -2.08. The summed E-state index contributed by atoms with van der Waals surface area (Å²) in [5.41, 5.74) is 0.913. The van der Waals surface area contributed by atoms with Crippen LogP contribution in [0.1, 0.15) is 25.8 Å². The number of carbonyl (C=O) groups is 2. The Morgan fingerprint density at radius 1 is 1.41 bits per heavy atom. The fourth-order valence-electron chi connectivity index (χ4n) is 2.30. The van der Waals surface area contributed by atoms with E-state index in [1.807, 2.05) is 56.2 Å². The maximum atomic E-state index is 12.3. The van der Waals surface area contributed by atoms with E-state index in [1.54, 1.807) is 5.01 Å². The molecule has 0 spiro atoms. The first-order chi connectivity index (χ1) is 10.5. The van der Waals surface area contributed by atoms with Crippen LogP contribution in [0.5, 0.6) is 0 Å². The van der Waals surface area contributed by atoms with E-state index in [0.717, 1.165) is 5.56 Å². The molecule has 6 nitrogen and oxygen atoms in total. The zero-order valence-electron chi connectivity index (χ0n) is 13.3. The molecule has 0 saturated carbocycles. The molecule has 1 heterocycles. The molecule has 120 valence electrons. The van der Waals surface area contributed by atoms with Crippen LogP contribution < -0.4 is 5.32 Å². The summed E-state index contributed by atoms with van der Waals surface area (Å²) in [4.78, 5) is 24.1. The van der Waals surface area contributed by atoms with E-state index in [0.29, 0.717) is 13.0 Å². The number of hydrazine groups is 1. The van der Waals surface area contributed by atoms with Gasteiger partial charge in [0.15, 0.2) is 0 Å². The molecular formula is C16H23N3O3. The van der Waals surface area contributed by atoms with Gasteiger partial charge in [-0.25, -0.2) is 9.80 Å². The van der Waals surface area contributed by atoms with E-state index in [2.05, 4.69) is 5.32 Å². The molecule has 0 bridgehead atoms. The van der Waals surface area contributed by atoms with Crippen molar-refractivity contribution in [2.24, 2.45) is 0 Å². The summed E-state index contributed by atoms with van der Waals surface area (Å²) in [5, 5.41) is 6.21. The molecule has 0 unspecified atom stereocenters. The molecule has 2 rings (SSSR count). The minimum absolute atomic E-state index is 0.0899. The molecule has 22 heavy (non-hydrogen) atoms. The smallest absolute Gasteiger partial charge is 0.408 e. The van der Waals surface area contributed by atoms with Crippen LogP contribution in [0, 0.1) is 0 Å². The summed E-state index contributed by atoms with van der Waals surface area (Å²) in [6, 6.07) is 9.16. The third kappa shape index (κ3) is 3.98. The maximum Gasteiger partial charge on any atom is 0.408 e. The van der Waals surface area contributed by atoms with Crippen LogP contribution >= 0.6 is 0 Å². The average molecular weight is 305 g/mol. The van der Waals surface area contributed by atoms with Crippen molar-refractivity contribution >= 4 is 12.0 Å². The molecular weight excluding hydrogens is 282 g/mol. The van der Waals surface area contributed by atoms with Crippen molar-refractivity contribution in [3.05, 3.63) is 35.9 Å². The van der Waals surface area contributed by atoms with Gasteiger partial charge in [-0.1, -0.05) is 30.3 Å². The van der Waals surface area contributed by atoms with Crippen molar-refractivity contribution in [1.29, 1.82) is 0 Å². The molecule has 0 aromatic heterocycles. The van der Waals surface area contributed by atoms with Crippen LogP contribution in [-0.2, 0) is 16.1 Å². The minimum Gasteiger partial charge on any atom is -0.445 e. The largest absolute Gasteiger partial charge is 0.445 e. The Balaban J connectivity index is 1.81. The van der Waals surface area contributed by atoms with Gasteiger partial charge in [0, 0.05) is 19.6 Å². The predicted octanol–water partition coefficient (Wildman–Crippen LogP) is 1.77. The Kier molecular flexibility index (Phi) is 5.38. The summed E-state index contributed by atoms with van der Waals surface area (Å²) in [7, 11) is 1.87. The topological polar surface area (TPSA) is 61.9 Å². The summed E-state index contributed by atoms with van der Waals surface area (Å²) in [6.07, 6.45) is 0.0346. The number of hydrogen-bond acceptors (Lipinski definition) is 4. The normalized spacial score (nSPS) is 18.1. The zero-order valence-corrected chi connectivity index (χ0v) is 13.3. The maximum absolute atomic E-state index is 12.3. The predicted molar refractivity (Wildman–Crippen MR) is 82.8 cm³/mol. The standard InChI is InChI=1S/C16H23N3O3/c1-12(2)18(3)19-10-9-14(15(19)20)17-16(21)22-11-13-7-5-4-6-8-13/h4-8,12,14H,9-11H2,1-3H3,(H,17,21)/t14-/m0/s1. The summed E-state index contributed by atoms with van der Waals surface area (Å²) in [6.45, 7) is 4.84. The van der Waals surface area contributed by atoms with Gasteiger partial charge in [0.1, 0.15) is 12.6 Å². The first kappa shape index (κ1) is 16.3. The molecule has 0 radical (unpaired) electrons. The summed E-state index contributed by atoms with van der Waals surface area (Å²) < 4.78 is 5.15. The first-order valence-corrected chi connectivity index (χ1v) is 7.50. The van der Waals surface area contributed by atoms with Crippen LogP contribution in [0.15, 0.2) is 30.3 Å². The summed E-state index contributed by atoms with van der Waals surface area (Å²) in [5.74, 6) is -0.0899. The van der Waals surface area contributed by atoms with Gasteiger partial charge < -0.3 is 10.1 Å². The highest BCUT2D eigenvalue weighted by molar-refractivity contribution is 5.87. The lowest BCUT2D eigenvalue weighted by atomic mass is 10.2. The molecule has 1 aliphatic heterocycles. The number of alkyl carbamates (subject to hydrolysis) is 1. The number of benzene rings is 1. The number of amides is 2. The minimum atomic E-state index is -0.559. The number of carbonyl (C=O) groups excluding carboxylic acids is 2. The van der Waals surface area contributed by atoms with Crippen molar-refractivity contribution in [2.45, 2.75) is 39.0 Å². The SMILES string of the molecule is CC(C)N(C)N1CC[C@H](NC(=O)OCc2ccccc2)C1=O. The van der Waals surface area contributed by atoms with Gasteiger partial charge in [-0.05, 0) is 25.8 Å². The number of nitrogens with one attached hydrogen (secondary N) is 1. The first-order valence-electron chi connectivity index (χ1n) is 7.50. The fraction of sp³-hybridized carbons (Fsp3) is 0.500. The molecule has 1 aromatic carbocycles. The van der Waals surface area contributed by atoms with Gasteiger partial charge in [-0.15, -0.1) is 0 Å². The fourth-order valence-corrected chi connectivity index (χ4v) is 2.30. The van der Waals surface area contributed by atoms with Gasteiger partial charge in [0.05, 0.1) is 0 Å². The van der Waals surface area contributed by atoms with Crippen LogP contribution in [-0.4, -0.2) is 47.7 Å². The third-order valence-electron chi connectivity index (χ3n) is 3.82. The molecule has 1 atom stereocenters. The Morgan fingerprint density at radius 3 is 2.73 bits per heavy atom. The van der Waals surface area contributed by atoms with Crippen LogP contribution in [0.4, 0.5) is 4.79 Å². The van der Waals surface area contributed by atoms with Gasteiger partial charge in [-0.3, -0.25) is 9.80 Å². The molecule has 1 aliphatic rings. The monoisotopic (exact) mass is 305 g/mol. The van der Waals surface area contributed by atoms with E-state index in [-0.39, 0.29) is 18.6 Å². The van der Waals surface area contributed by atoms with Crippen LogP contribution in [0.2, 0.25) is 0 Å². The zero-order chi connectivity index (χ0) is 16.1. The van der Waals surface area contributed by atoms with Gasteiger partial charge in [0.2, 0.25) is 0 Å². The highest BCUT2D eigenvalue weighted by atomic mass is 16.5. The molecule has 6 heteroatoms. The highest BCUT2D eigenvalue weighted by Crippen LogP contribution is 2.15. The molecule has 1 N–H and O–H groups in total. The van der Waals surface area contributed by atoms with E-state index in [4.69, 9.17) is 4.74 Å². The van der Waals surface area contributed by atoms with Gasteiger partial charge in [0.25, 0.3) is 5.91 Å². The van der Waals surface area contributed by atoms with Crippen molar-refractivity contribution in [3.63, 3.8) is 0 Å². The molecule has 1 aromatic rings. The van der Waals surface area contributed by atoms with Crippen molar-refractivity contribution in [3.8, 4) is 0 Å². The lowest BCUT2D eigenvalue weighted by molar-refractivity contribution is -0.145. The van der Waals surface area contributed by atoms with Crippen molar-refractivity contribution < 1.29 is 14.3 Å². The Bertz CT molecular complexity index is 519. The van der Waals surface area contributed by atoms with Crippen LogP contribution in [0.3, 0.4) is 0 Å². The third-order valence-corrected chi connectivity index (χ3v) is 3.82. The van der Waals surface area contributed by atoms with Gasteiger partial charge in [-0.2, -0.15) is 0 Å². The highest BCUT2D eigenvalue weighted by Gasteiger charge is 2.35. The number of rotatable bonds is 5. The molecule has 2 amide bonds. The van der Waals surface area contributed by atoms with E-state index < -0.39 is 12.1 Å². The van der Waals surface area contributed by atoms with Gasteiger partial charge >= 0.3 is 6.09 Å². The number of hydrogen-bond donors (Lipinski definition) is 1. The molecule has 0 aliphatic carbocycles. The Morgan fingerprint density at radius 2 is 2.09 bits per heavy atom. The lowest BCUT2D eigenvalue weighted by Crippen LogP contribution is -2.49. The number of nitrogens with zero attached hydrogens (tertiary/aromatic N) is 2. The molecule has 1 fully saturated rings. The molecule has 1 saturated heterocycles. The lowest BCUT2D eigenvalue weighted by Gasteiger charge is -2.31.